The van der Waals surface area contributed by atoms with Crippen molar-refractivity contribution in [3.8, 4) is 0 Å². The van der Waals surface area contributed by atoms with Crippen molar-refractivity contribution in [1.29, 1.82) is 0 Å². The van der Waals surface area contributed by atoms with Crippen LogP contribution in [0.2, 0.25) is 11.6 Å². The molecule has 0 saturated carbocycles. The second-order valence-electron chi connectivity index (χ2n) is 9.40. The van der Waals surface area contributed by atoms with E-state index in [1.54, 1.807) is 0 Å². The van der Waals surface area contributed by atoms with Crippen LogP contribution in [0.4, 0.5) is 0 Å². The van der Waals surface area contributed by atoms with Crippen molar-refractivity contribution in [2.45, 2.75) is 100 Å². The van der Waals surface area contributed by atoms with Crippen LogP contribution >= 0.6 is 0 Å². The molecule has 0 spiro atoms. The third-order valence-electron chi connectivity index (χ3n) is 4.68. The quantitative estimate of drug-likeness (QED) is 0.384. The first kappa shape index (κ1) is 23.1. The summed E-state index contributed by atoms with van der Waals surface area (Å²) in [6.45, 7) is 24.6. The summed E-state index contributed by atoms with van der Waals surface area (Å²) < 4.78 is 12.7. The highest BCUT2D eigenvalue weighted by Crippen LogP contribution is 2.41. The third kappa shape index (κ3) is 8.69. The lowest BCUT2D eigenvalue weighted by Crippen LogP contribution is -2.47. The van der Waals surface area contributed by atoms with Crippen molar-refractivity contribution in [2.24, 2.45) is 16.7 Å². The minimum Gasteiger partial charge on any atom is -0.394 e. The summed E-state index contributed by atoms with van der Waals surface area (Å²) in [6, 6.07) is 1.12. The molecule has 2 nitrogen and oxygen atoms in total. The van der Waals surface area contributed by atoms with E-state index < -0.39 is 8.56 Å². The lowest BCUT2D eigenvalue weighted by molar-refractivity contribution is 0.151. The van der Waals surface area contributed by atoms with E-state index in [4.69, 9.17) is 8.85 Å². The molecular formula is C20H44O2Si. The second-order valence-corrected chi connectivity index (χ2v) is 13.0. The molecule has 0 aliphatic carbocycles. The van der Waals surface area contributed by atoms with E-state index in [0.717, 1.165) is 25.7 Å². The molecule has 0 rings (SSSR count). The minimum absolute atomic E-state index is 0.367. The minimum atomic E-state index is -2.12. The molecule has 0 aliphatic rings. The molecule has 0 fully saturated rings. The molecule has 140 valence electrons. The van der Waals surface area contributed by atoms with E-state index in [9.17, 15) is 0 Å². The molecule has 2 unspecified atom stereocenters. The Hall–Kier alpha value is 0.137. The highest BCUT2D eigenvalue weighted by Gasteiger charge is 2.44. The molecule has 0 radical (unpaired) electrons. The molecule has 0 aliphatic heterocycles. The molecule has 23 heavy (non-hydrogen) atoms. The van der Waals surface area contributed by atoms with Crippen LogP contribution in [0.5, 0.6) is 0 Å². The predicted octanol–water partition coefficient (Wildman–Crippen LogP) is 6.79. The highest BCUT2D eigenvalue weighted by molar-refractivity contribution is 6.69. The Bertz CT molecular complexity index is 314. The Labute approximate surface area is 148 Å². The number of rotatable bonds is 11. The standard InChI is InChI=1S/C20H44O2Si/c1-11-18(5)23(21-12-2,22-13-3)15-17(4)14-20(9,10)16-19(6,7)8/h17-18H,11-16H2,1-10H3. The van der Waals surface area contributed by atoms with Crippen molar-refractivity contribution in [3.63, 3.8) is 0 Å². The summed E-state index contributed by atoms with van der Waals surface area (Å²) in [6.07, 6.45) is 3.64. The fourth-order valence-corrected chi connectivity index (χ4v) is 8.46. The van der Waals surface area contributed by atoms with Crippen LogP contribution in [-0.2, 0) is 8.85 Å². The maximum absolute atomic E-state index is 6.33. The van der Waals surface area contributed by atoms with Gasteiger partial charge in [0, 0.05) is 13.2 Å². The second kappa shape index (κ2) is 9.58. The van der Waals surface area contributed by atoms with Gasteiger partial charge in [-0.15, -0.1) is 0 Å². The summed E-state index contributed by atoms with van der Waals surface area (Å²) in [5.74, 6) is 0.645. The first-order valence-electron chi connectivity index (χ1n) is 9.69. The van der Waals surface area contributed by atoms with Gasteiger partial charge in [-0.25, -0.2) is 0 Å². The molecule has 3 heteroatoms. The van der Waals surface area contributed by atoms with Crippen LogP contribution in [0.25, 0.3) is 0 Å². The van der Waals surface area contributed by atoms with Gasteiger partial charge in [0.25, 0.3) is 0 Å². The third-order valence-corrected chi connectivity index (χ3v) is 9.41. The molecule has 0 aromatic rings. The Kier molecular flexibility index (Phi) is 9.63. The summed E-state index contributed by atoms with van der Waals surface area (Å²) in [5, 5.41) is 0. The molecule has 0 aromatic heterocycles. The summed E-state index contributed by atoms with van der Waals surface area (Å²) in [4.78, 5) is 0. The zero-order chi connectivity index (χ0) is 18.3. The van der Waals surface area contributed by atoms with Crippen molar-refractivity contribution in [1.82, 2.24) is 0 Å². The predicted molar refractivity (Wildman–Crippen MR) is 105 cm³/mol. The van der Waals surface area contributed by atoms with Gasteiger partial charge < -0.3 is 8.85 Å². The lowest BCUT2D eigenvalue weighted by Gasteiger charge is -2.39. The van der Waals surface area contributed by atoms with Gasteiger partial charge in [0.05, 0.1) is 0 Å². The SMILES string of the molecule is CCO[Si](CC(C)CC(C)(C)CC(C)(C)C)(OCC)C(C)CC. The van der Waals surface area contributed by atoms with Crippen LogP contribution < -0.4 is 0 Å². The first-order valence-corrected chi connectivity index (χ1v) is 11.8. The van der Waals surface area contributed by atoms with E-state index in [1.807, 2.05) is 0 Å². The van der Waals surface area contributed by atoms with E-state index in [-0.39, 0.29) is 0 Å². The van der Waals surface area contributed by atoms with Gasteiger partial charge in [0.2, 0.25) is 0 Å². The molecule has 2 atom stereocenters. The zero-order valence-electron chi connectivity index (χ0n) is 17.7. The van der Waals surface area contributed by atoms with Gasteiger partial charge in [0.15, 0.2) is 0 Å². The average Bonchev–Trinajstić information content (AvgIpc) is 2.34. The summed E-state index contributed by atoms with van der Waals surface area (Å²) >= 11 is 0. The molecule has 0 amide bonds. The van der Waals surface area contributed by atoms with Crippen LogP contribution in [-0.4, -0.2) is 21.8 Å². The van der Waals surface area contributed by atoms with E-state index in [2.05, 4.69) is 69.2 Å². The molecule has 0 saturated heterocycles. The number of hydrogen-bond donors (Lipinski definition) is 0. The fourth-order valence-electron chi connectivity index (χ4n) is 4.45. The van der Waals surface area contributed by atoms with Crippen molar-refractivity contribution in [2.75, 3.05) is 13.2 Å². The summed E-state index contributed by atoms with van der Waals surface area (Å²) in [5.41, 5.74) is 1.30. The smallest absolute Gasteiger partial charge is 0.341 e. The molecular weight excluding hydrogens is 300 g/mol. The maximum atomic E-state index is 6.33. The number of hydrogen-bond acceptors (Lipinski definition) is 2. The van der Waals surface area contributed by atoms with Gasteiger partial charge in [-0.2, -0.15) is 0 Å². The van der Waals surface area contributed by atoms with Crippen molar-refractivity contribution in [3.05, 3.63) is 0 Å². The van der Waals surface area contributed by atoms with Crippen LogP contribution in [0.3, 0.4) is 0 Å². The Morgan fingerprint density at radius 2 is 1.35 bits per heavy atom. The lowest BCUT2D eigenvalue weighted by atomic mass is 9.72. The zero-order valence-corrected chi connectivity index (χ0v) is 18.7. The normalized spacial score (nSPS) is 16.4. The Morgan fingerprint density at radius 3 is 1.70 bits per heavy atom. The van der Waals surface area contributed by atoms with E-state index in [0.29, 0.717) is 22.3 Å². The molecule has 0 aromatic carbocycles. The van der Waals surface area contributed by atoms with E-state index >= 15 is 0 Å². The summed E-state index contributed by atoms with van der Waals surface area (Å²) in [7, 11) is -2.12. The topological polar surface area (TPSA) is 18.5 Å². The van der Waals surface area contributed by atoms with Gasteiger partial charge in [-0.05, 0) is 55.0 Å². The van der Waals surface area contributed by atoms with Crippen LogP contribution in [0.1, 0.15) is 88.5 Å². The Balaban J connectivity index is 5.04. The largest absolute Gasteiger partial charge is 0.394 e. The van der Waals surface area contributed by atoms with Gasteiger partial charge >= 0.3 is 8.56 Å². The van der Waals surface area contributed by atoms with Crippen LogP contribution in [0, 0.1) is 16.7 Å². The fraction of sp³-hybridized carbons (Fsp3) is 1.00. The van der Waals surface area contributed by atoms with Crippen molar-refractivity contribution < 1.29 is 8.85 Å². The highest BCUT2D eigenvalue weighted by atomic mass is 28.4. The maximum Gasteiger partial charge on any atom is 0.341 e. The average molecular weight is 345 g/mol. The molecule has 0 N–H and O–H groups in total. The van der Waals surface area contributed by atoms with Gasteiger partial charge in [-0.1, -0.05) is 61.8 Å². The monoisotopic (exact) mass is 344 g/mol. The van der Waals surface area contributed by atoms with Crippen molar-refractivity contribution >= 4 is 8.56 Å². The Morgan fingerprint density at radius 1 is 0.870 bits per heavy atom. The van der Waals surface area contributed by atoms with Gasteiger partial charge in [-0.3, -0.25) is 0 Å². The van der Waals surface area contributed by atoms with Gasteiger partial charge in [0.1, 0.15) is 0 Å². The molecule has 0 heterocycles. The molecule has 0 bridgehead atoms. The van der Waals surface area contributed by atoms with Crippen LogP contribution in [0.15, 0.2) is 0 Å². The first-order chi connectivity index (χ1) is 10.4. The van der Waals surface area contributed by atoms with E-state index in [1.165, 1.54) is 12.8 Å².